The molecule has 0 saturated heterocycles. The average Bonchev–Trinajstić information content (AvgIpc) is 2.68. The van der Waals surface area contributed by atoms with Gasteiger partial charge in [0.15, 0.2) is 0 Å². The van der Waals surface area contributed by atoms with Crippen LogP contribution in [0.4, 0.5) is 0 Å². The Morgan fingerprint density at radius 3 is 2.80 bits per heavy atom. The zero-order valence-electron chi connectivity index (χ0n) is 9.79. The summed E-state index contributed by atoms with van der Waals surface area (Å²) in [6, 6.07) is 0. The molecule has 15 heavy (non-hydrogen) atoms. The summed E-state index contributed by atoms with van der Waals surface area (Å²) in [5, 5.41) is 9.54. The minimum Gasteiger partial charge on any atom is -0.512 e. The standard InChI is InChI=1S/C12H19NO2/c1-4-5-9-13(15-3)12-8-6-7-11(12)10(2)14/h5,9H,4,6-8H2,1-3H3/p+1/b9-5+. The molecule has 0 spiro atoms. The first kappa shape index (κ1) is 11.8. The molecule has 0 aromatic carbocycles. The Bertz CT molecular complexity index is 310. The van der Waals surface area contributed by atoms with E-state index in [1.165, 1.54) is 0 Å². The van der Waals surface area contributed by atoms with E-state index in [0.29, 0.717) is 5.76 Å². The molecule has 0 bridgehead atoms. The first-order valence-corrected chi connectivity index (χ1v) is 5.45. The van der Waals surface area contributed by atoms with Gasteiger partial charge in [-0.15, -0.1) is 0 Å². The second-order valence-electron chi connectivity index (χ2n) is 3.67. The summed E-state index contributed by atoms with van der Waals surface area (Å²) in [4.78, 5) is 5.28. The zero-order valence-corrected chi connectivity index (χ0v) is 9.79. The normalized spacial score (nSPS) is 23.4. The number of allylic oxidation sites excluding steroid dienone is 3. The third-order valence-electron chi connectivity index (χ3n) is 2.56. The second kappa shape index (κ2) is 5.59. The molecule has 0 amide bonds. The Morgan fingerprint density at radius 2 is 2.27 bits per heavy atom. The fraction of sp³-hybridized carbons (Fsp3) is 0.583. The summed E-state index contributed by atoms with van der Waals surface area (Å²) in [5.74, 6) is 0.412. The Morgan fingerprint density at radius 1 is 1.53 bits per heavy atom. The maximum absolute atomic E-state index is 9.54. The van der Waals surface area contributed by atoms with Crippen LogP contribution in [0.2, 0.25) is 0 Å². The predicted molar refractivity (Wildman–Crippen MR) is 60.9 cm³/mol. The molecule has 1 aliphatic carbocycles. The molecular weight excluding hydrogens is 190 g/mol. The summed E-state index contributed by atoms with van der Waals surface area (Å²) in [5.41, 5.74) is 2.11. The number of aliphatic hydroxyl groups excluding tert-OH is 1. The number of rotatable bonds is 3. The van der Waals surface area contributed by atoms with Crippen LogP contribution in [0.3, 0.4) is 0 Å². The molecule has 0 atom stereocenters. The summed E-state index contributed by atoms with van der Waals surface area (Å²) >= 11 is 0. The molecule has 1 N–H and O–H groups in total. The van der Waals surface area contributed by atoms with Crippen molar-refractivity contribution in [1.82, 2.24) is 0 Å². The van der Waals surface area contributed by atoms with Crippen molar-refractivity contribution in [2.24, 2.45) is 0 Å². The summed E-state index contributed by atoms with van der Waals surface area (Å²) in [7, 11) is 1.65. The summed E-state index contributed by atoms with van der Waals surface area (Å²) in [6.07, 6.45) is 7.93. The highest BCUT2D eigenvalue weighted by atomic mass is 16.6. The van der Waals surface area contributed by atoms with E-state index in [2.05, 4.69) is 6.92 Å². The van der Waals surface area contributed by atoms with Gasteiger partial charge >= 0.3 is 0 Å². The lowest BCUT2D eigenvalue weighted by Crippen LogP contribution is -2.15. The Balaban J connectivity index is 3.04. The second-order valence-corrected chi connectivity index (χ2v) is 3.67. The number of hydroxylamine groups is 1. The van der Waals surface area contributed by atoms with E-state index in [0.717, 1.165) is 37.0 Å². The topological polar surface area (TPSA) is 32.5 Å². The fourth-order valence-corrected chi connectivity index (χ4v) is 1.82. The molecule has 0 heterocycles. The first-order valence-electron chi connectivity index (χ1n) is 5.45. The van der Waals surface area contributed by atoms with Crippen molar-refractivity contribution in [3.8, 4) is 0 Å². The van der Waals surface area contributed by atoms with E-state index in [1.807, 2.05) is 12.3 Å². The largest absolute Gasteiger partial charge is 0.512 e. The van der Waals surface area contributed by atoms with Crippen LogP contribution in [0.5, 0.6) is 0 Å². The maximum Gasteiger partial charge on any atom is 0.240 e. The quantitative estimate of drug-likeness (QED) is 0.441. The van der Waals surface area contributed by atoms with Crippen LogP contribution in [0.1, 0.15) is 39.5 Å². The highest BCUT2D eigenvalue weighted by Crippen LogP contribution is 2.24. The smallest absolute Gasteiger partial charge is 0.240 e. The number of hydrogen-bond donors (Lipinski definition) is 1. The van der Waals surface area contributed by atoms with E-state index in [1.54, 1.807) is 18.8 Å². The Hall–Kier alpha value is -1.25. The molecule has 1 aliphatic rings. The van der Waals surface area contributed by atoms with Gasteiger partial charge in [-0.05, 0) is 32.3 Å². The van der Waals surface area contributed by atoms with Gasteiger partial charge in [0, 0.05) is 11.2 Å². The van der Waals surface area contributed by atoms with Crippen LogP contribution >= 0.6 is 0 Å². The molecule has 1 saturated carbocycles. The lowest BCUT2D eigenvalue weighted by Gasteiger charge is -2.00. The van der Waals surface area contributed by atoms with E-state index in [9.17, 15) is 5.11 Å². The van der Waals surface area contributed by atoms with Crippen molar-refractivity contribution in [2.45, 2.75) is 39.5 Å². The minimum atomic E-state index is 0.412. The van der Waals surface area contributed by atoms with Crippen molar-refractivity contribution in [1.29, 1.82) is 0 Å². The summed E-state index contributed by atoms with van der Waals surface area (Å²) in [6.45, 7) is 3.82. The lowest BCUT2D eigenvalue weighted by molar-refractivity contribution is -0.732. The molecule has 0 aromatic heterocycles. The maximum atomic E-state index is 9.54. The Kier molecular flexibility index (Phi) is 4.40. The van der Waals surface area contributed by atoms with Gasteiger partial charge in [0.05, 0.1) is 11.3 Å². The molecule has 1 fully saturated rings. The molecule has 84 valence electrons. The third kappa shape index (κ3) is 2.85. The molecule has 0 unspecified atom stereocenters. The molecule has 0 aromatic rings. The van der Waals surface area contributed by atoms with Crippen molar-refractivity contribution in [2.75, 3.05) is 7.11 Å². The highest BCUT2D eigenvalue weighted by Gasteiger charge is 2.27. The van der Waals surface area contributed by atoms with Crippen molar-refractivity contribution >= 4 is 5.71 Å². The van der Waals surface area contributed by atoms with Crippen LogP contribution in [0.25, 0.3) is 0 Å². The number of nitrogens with zero attached hydrogens (tertiary/aromatic N) is 1. The summed E-state index contributed by atoms with van der Waals surface area (Å²) < 4.78 is 1.76. The fourth-order valence-electron chi connectivity index (χ4n) is 1.82. The lowest BCUT2D eigenvalue weighted by atomic mass is 10.2. The molecule has 0 aliphatic heterocycles. The zero-order chi connectivity index (χ0) is 11.3. The molecular formula is C12H20NO2+. The van der Waals surface area contributed by atoms with Gasteiger partial charge in [-0.2, -0.15) is 0 Å². The van der Waals surface area contributed by atoms with Crippen LogP contribution in [0.15, 0.2) is 23.6 Å². The number of hydrogen-bond acceptors (Lipinski definition) is 2. The highest BCUT2D eigenvalue weighted by molar-refractivity contribution is 5.98. The van der Waals surface area contributed by atoms with Crippen LogP contribution < -0.4 is 0 Å². The van der Waals surface area contributed by atoms with Crippen LogP contribution in [0, 0.1) is 0 Å². The monoisotopic (exact) mass is 210 g/mol. The predicted octanol–water partition coefficient (Wildman–Crippen LogP) is 2.94. The van der Waals surface area contributed by atoms with Crippen molar-refractivity contribution < 1.29 is 14.7 Å². The van der Waals surface area contributed by atoms with Gasteiger partial charge in [-0.1, -0.05) is 6.92 Å². The molecule has 3 nitrogen and oxygen atoms in total. The van der Waals surface area contributed by atoms with Crippen LogP contribution in [-0.2, 0) is 4.84 Å². The van der Waals surface area contributed by atoms with Crippen molar-refractivity contribution in [3.63, 3.8) is 0 Å². The first-order chi connectivity index (χ1) is 7.20. The van der Waals surface area contributed by atoms with E-state index in [4.69, 9.17) is 4.84 Å². The van der Waals surface area contributed by atoms with E-state index < -0.39 is 0 Å². The van der Waals surface area contributed by atoms with Gasteiger partial charge in [0.1, 0.15) is 7.11 Å². The van der Waals surface area contributed by atoms with Gasteiger partial charge in [0.25, 0.3) is 0 Å². The third-order valence-corrected chi connectivity index (χ3v) is 2.56. The minimum absolute atomic E-state index is 0.412. The van der Waals surface area contributed by atoms with Gasteiger partial charge in [-0.3, -0.25) is 4.84 Å². The number of aliphatic hydroxyl groups is 1. The average molecular weight is 210 g/mol. The SMILES string of the molecule is CC/C=C/[N+](OC)=C1/CCC/C1=C(/C)O. The van der Waals surface area contributed by atoms with Gasteiger partial charge in [0.2, 0.25) is 11.9 Å². The molecule has 0 radical (unpaired) electrons. The van der Waals surface area contributed by atoms with Crippen LogP contribution in [-0.4, -0.2) is 22.7 Å². The van der Waals surface area contributed by atoms with E-state index >= 15 is 0 Å². The van der Waals surface area contributed by atoms with Crippen molar-refractivity contribution in [3.05, 3.63) is 23.6 Å². The molecule has 1 rings (SSSR count). The van der Waals surface area contributed by atoms with Gasteiger partial charge < -0.3 is 5.11 Å². The van der Waals surface area contributed by atoms with E-state index in [-0.39, 0.29) is 0 Å². The molecule has 3 heteroatoms. The van der Waals surface area contributed by atoms with Gasteiger partial charge in [-0.25, -0.2) is 0 Å². The Labute approximate surface area is 91.3 Å².